The zero-order chi connectivity index (χ0) is 18.3. The van der Waals surface area contributed by atoms with Crippen molar-refractivity contribution in [1.82, 2.24) is 26.4 Å². The van der Waals surface area contributed by atoms with E-state index in [0.29, 0.717) is 37.4 Å². The van der Waals surface area contributed by atoms with E-state index in [1.54, 1.807) is 4.90 Å². The van der Waals surface area contributed by atoms with E-state index in [-0.39, 0.29) is 23.9 Å². The quantitative estimate of drug-likeness (QED) is 0.560. The maximum absolute atomic E-state index is 12.8. The van der Waals surface area contributed by atoms with Gasteiger partial charge in [-0.1, -0.05) is 29.8 Å². The molecule has 3 aliphatic rings. The minimum atomic E-state index is -0.866. The summed E-state index contributed by atoms with van der Waals surface area (Å²) in [4.78, 5) is 38.0. The number of piperidine rings is 1. The number of nitrogens with zero attached hydrogens (tertiary/aromatic N) is 1. The molecule has 9 heteroatoms. The number of halogens is 1. The van der Waals surface area contributed by atoms with E-state index < -0.39 is 11.6 Å². The van der Waals surface area contributed by atoms with Gasteiger partial charge in [0, 0.05) is 24.2 Å². The number of urea groups is 1. The molecule has 2 unspecified atom stereocenters. The third kappa shape index (κ3) is 2.94. The second-order valence-electron chi connectivity index (χ2n) is 6.97. The number of carbonyl (C=O) groups is 3. The molecule has 0 aromatic heterocycles. The van der Waals surface area contributed by atoms with Crippen LogP contribution < -0.4 is 21.5 Å². The van der Waals surface area contributed by atoms with Crippen molar-refractivity contribution in [1.29, 1.82) is 0 Å². The fraction of sp³-hybridized carbons (Fsp3) is 0.471. The molecule has 1 spiro atoms. The highest BCUT2D eigenvalue weighted by Gasteiger charge is 2.49. The summed E-state index contributed by atoms with van der Waals surface area (Å²) < 4.78 is 0. The second-order valence-corrected chi connectivity index (χ2v) is 7.37. The molecule has 0 aliphatic carbocycles. The first-order chi connectivity index (χ1) is 12.5. The number of likely N-dealkylation sites (tertiary alicyclic amines) is 1. The molecule has 3 saturated heterocycles. The summed E-state index contributed by atoms with van der Waals surface area (Å²) in [6.07, 6.45) is 1.44. The Kier molecular flexibility index (Phi) is 4.34. The molecule has 0 radical (unpaired) electrons. The number of hydrogen-bond acceptors (Lipinski definition) is 5. The molecule has 3 fully saturated rings. The predicted molar refractivity (Wildman–Crippen MR) is 94.1 cm³/mol. The molecule has 2 atom stereocenters. The summed E-state index contributed by atoms with van der Waals surface area (Å²) in [5.74, 6) is -0.305. The fourth-order valence-corrected chi connectivity index (χ4v) is 4.16. The number of imide groups is 1. The Labute approximate surface area is 155 Å². The van der Waals surface area contributed by atoms with Crippen LogP contribution in [0.25, 0.3) is 0 Å². The monoisotopic (exact) mass is 377 g/mol. The lowest BCUT2D eigenvalue weighted by Gasteiger charge is -2.37. The first-order valence-corrected chi connectivity index (χ1v) is 9.04. The molecule has 8 nitrogen and oxygen atoms in total. The van der Waals surface area contributed by atoms with Crippen LogP contribution in [0.1, 0.15) is 30.9 Å². The van der Waals surface area contributed by atoms with Crippen LogP contribution >= 0.6 is 11.6 Å². The van der Waals surface area contributed by atoms with Gasteiger partial charge in [-0.25, -0.2) is 15.6 Å². The standard InChI is InChI=1S/C17H20ClN5O3/c18-11-4-2-1-3-10(11)12-9-13(22-21-12)14(24)23-7-5-17(6-8-23)15(25)19-16(26)20-17/h1-4,12-13,21-22H,5-9H2,(H2,19,20,25,26). The van der Waals surface area contributed by atoms with Crippen LogP contribution in [-0.2, 0) is 9.59 Å². The molecule has 4 N–H and O–H groups in total. The number of nitrogens with one attached hydrogen (secondary N) is 4. The number of hydrazine groups is 1. The molecule has 3 aliphatic heterocycles. The van der Waals surface area contributed by atoms with Crippen molar-refractivity contribution in [2.45, 2.75) is 36.9 Å². The molecule has 1 aromatic rings. The molecule has 0 bridgehead atoms. The van der Waals surface area contributed by atoms with Crippen molar-refractivity contribution in [3.05, 3.63) is 34.9 Å². The normalized spacial score (nSPS) is 27.5. The Morgan fingerprint density at radius 2 is 1.88 bits per heavy atom. The van der Waals surface area contributed by atoms with Crippen LogP contribution in [0.4, 0.5) is 4.79 Å². The molecular formula is C17H20ClN5O3. The first-order valence-electron chi connectivity index (χ1n) is 8.66. The highest BCUT2D eigenvalue weighted by atomic mass is 35.5. The predicted octanol–water partition coefficient (Wildman–Crippen LogP) is 0.448. The summed E-state index contributed by atoms with van der Waals surface area (Å²) in [6, 6.07) is 6.73. The molecule has 138 valence electrons. The zero-order valence-corrected chi connectivity index (χ0v) is 14.8. The van der Waals surface area contributed by atoms with Gasteiger partial charge in [0.05, 0.1) is 0 Å². The zero-order valence-electron chi connectivity index (χ0n) is 14.0. The largest absolute Gasteiger partial charge is 0.341 e. The van der Waals surface area contributed by atoms with Crippen LogP contribution in [0.3, 0.4) is 0 Å². The third-order valence-electron chi connectivity index (χ3n) is 5.43. The maximum Gasteiger partial charge on any atom is 0.322 e. The number of carbonyl (C=O) groups excluding carboxylic acids is 3. The van der Waals surface area contributed by atoms with Crippen molar-refractivity contribution >= 4 is 29.4 Å². The molecule has 1 aromatic carbocycles. The minimum absolute atomic E-state index is 0.00775. The van der Waals surface area contributed by atoms with E-state index in [1.165, 1.54) is 0 Å². The molecule has 3 heterocycles. The van der Waals surface area contributed by atoms with Crippen LogP contribution in [0.5, 0.6) is 0 Å². The van der Waals surface area contributed by atoms with E-state index in [2.05, 4.69) is 21.5 Å². The van der Waals surface area contributed by atoms with Crippen molar-refractivity contribution < 1.29 is 14.4 Å². The van der Waals surface area contributed by atoms with Crippen LogP contribution in [-0.4, -0.2) is 47.4 Å². The lowest BCUT2D eigenvalue weighted by Crippen LogP contribution is -2.57. The molecule has 4 amide bonds. The van der Waals surface area contributed by atoms with Gasteiger partial charge in [0.2, 0.25) is 5.91 Å². The van der Waals surface area contributed by atoms with Gasteiger partial charge >= 0.3 is 6.03 Å². The SMILES string of the molecule is O=C1NC(=O)C2(CCN(C(=O)C3CC(c4ccccc4Cl)NN3)CC2)N1. The Bertz CT molecular complexity index is 763. The summed E-state index contributed by atoms with van der Waals surface area (Å²) in [5.41, 5.74) is 6.29. The van der Waals surface area contributed by atoms with Gasteiger partial charge in [-0.05, 0) is 30.9 Å². The average molecular weight is 378 g/mol. The van der Waals surface area contributed by atoms with Crippen LogP contribution in [0.2, 0.25) is 5.02 Å². The van der Waals surface area contributed by atoms with E-state index in [1.807, 2.05) is 24.3 Å². The molecule has 4 rings (SSSR count). The van der Waals surface area contributed by atoms with Gasteiger partial charge in [0.25, 0.3) is 5.91 Å². The Hall–Kier alpha value is -2.16. The van der Waals surface area contributed by atoms with E-state index in [4.69, 9.17) is 11.6 Å². The minimum Gasteiger partial charge on any atom is -0.341 e. The fourth-order valence-electron chi connectivity index (χ4n) is 3.89. The second kappa shape index (κ2) is 6.53. The van der Waals surface area contributed by atoms with Crippen LogP contribution in [0, 0.1) is 0 Å². The smallest absolute Gasteiger partial charge is 0.322 e. The van der Waals surface area contributed by atoms with Crippen molar-refractivity contribution in [2.75, 3.05) is 13.1 Å². The van der Waals surface area contributed by atoms with E-state index >= 15 is 0 Å². The first kappa shape index (κ1) is 17.3. The Balaban J connectivity index is 1.37. The van der Waals surface area contributed by atoms with Gasteiger partial charge in [-0.2, -0.15) is 0 Å². The van der Waals surface area contributed by atoms with Gasteiger partial charge in [0.15, 0.2) is 0 Å². The number of rotatable bonds is 2. The van der Waals surface area contributed by atoms with E-state index in [0.717, 1.165) is 5.56 Å². The molecule has 0 saturated carbocycles. The number of hydrogen-bond donors (Lipinski definition) is 4. The number of amides is 4. The lowest BCUT2D eigenvalue weighted by atomic mass is 9.87. The maximum atomic E-state index is 12.8. The molecule has 26 heavy (non-hydrogen) atoms. The Morgan fingerprint density at radius 1 is 1.15 bits per heavy atom. The Morgan fingerprint density at radius 3 is 2.54 bits per heavy atom. The van der Waals surface area contributed by atoms with Crippen molar-refractivity contribution in [2.24, 2.45) is 0 Å². The highest BCUT2D eigenvalue weighted by Crippen LogP contribution is 2.30. The average Bonchev–Trinajstić information content (AvgIpc) is 3.21. The van der Waals surface area contributed by atoms with E-state index in [9.17, 15) is 14.4 Å². The number of benzene rings is 1. The van der Waals surface area contributed by atoms with Gasteiger partial charge in [-0.3, -0.25) is 14.9 Å². The third-order valence-corrected chi connectivity index (χ3v) is 5.77. The van der Waals surface area contributed by atoms with Gasteiger partial charge in [0.1, 0.15) is 11.6 Å². The van der Waals surface area contributed by atoms with Crippen molar-refractivity contribution in [3.8, 4) is 0 Å². The van der Waals surface area contributed by atoms with Gasteiger partial charge < -0.3 is 10.2 Å². The lowest BCUT2D eigenvalue weighted by molar-refractivity contribution is -0.137. The van der Waals surface area contributed by atoms with Crippen LogP contribution in [0.15, 0.2) is 24.3 Å². The van der Waals surface area contributed by atoms with Crippen molar-refractivity contribution in [3.63, 3.8) is 0 Å². The summed E-state index contributed by atoms with van der Waals surface area (Å²) >= 11 is 6.24. The summed E-state index contributed by atoms with van der Waals surface area (Å²) in [6.45, 7) is 0.864. The summed E-state index contributed by atoms with van der Waals surface area (Å²) in [7, 11) is 0. The topological polar surface area (TPSA) is 103 Å². The molecular weight excluding hydrogens is 358 g/mol. The summed E-state index contributed by atoms with van der Waals surface area (Å²) in [5, 5.41) is 5.65. The van der Waals surface area contributed by atoms with Gasteiger partial charge in [-0.15, -0.1) is 0 Å². The highest BCUT2D eigenvalue weighted by molar-refractivity contribution is 6.31.